The summed E-state index contributed by atoms with van der Waals surface area (Å²) in [7, 11) is 0. The van der Waals surface area contributed by atoms with Crippen molar-refractivity contribution in [3.05, 3.63) is 0 Å². The van der Waals surface area contributed by atoms with Crippen molar-refractivity contribution in [2.75, 3.05) is 19.6 Å². The summed E-state index contributed by atoms with van der Waals surface area (Å²) in [6, 6.07) is 0. The van der Waals surface area contributed by atoms with Crippen LogP contribution in [-0.4, -0.2) is 30.4 Å². The number of nitrogens with zero attached hydrogens (tertiary/aromatic N) is 1. The Kier molecular flexibility index (Phi) is 6.59. The van der Waals surface area contributed by atoms with Crippen molar-refractivity contribution in [1.82, 2.24) is 4.90 Å². The quantitative estimate of drug-likeness (QED) is 0.678. The van der Waals surface area contributed by atoms with Gasteiger partial charge in [0.1, 0.15) is 0 Å². The minimum atomic E-state index is 0.256. The lowest BCUT2D eigenvalue weighted by Gasteiger charge is -2.21. The van der Waals surface area contributed by atoms with E-state index >= 15 is 0 Å². The van der Waals surface area contributed by atoms with E-state index in [1.54, 1.807) is 0 Å². The third kappa shape index (κ3) is 5.64. The molecule has 0 aliphatic rings. The Morgan fingerprint density at radius 3 is 2.46 bits per heavy atom. The molecule has 0 atom stereocenters. The first-order valence-electron chi connectivity index (χ1n) is 5.09. The molecular weight excluding hydrogens is 164 g/mol. The summed E-state index contributed by atoms with van der Waals surface area (Å²) >= 11 is 0. The molecule has 78 valence electrons. The highest BCUT2D eigenvalue weighted by Gasteiger charge is 2.11. The second-order valence-corrected chi connectivity index (χ2v) is 3.71. The molecular formula is C10H22N2O. The van der Waals surface area contributed by atoms with Crippen LogP contribution in [0.2, 0.25) is 0 Å². The van der Waals surface area contributed by atoms with E-state index in [-0.39, 0.29) is 5.91 Å². The van der Waals surface area contributed by atoms with Crippen LogP contribution in [0.25, 0.3) is 0 Å². The van der Waals surface area contributed by atoms with Gasteiger partial charge in [0.2, 0.25) is 5.91 Å². The lowest BCUT2D eigenvalue weighted by atomic mass is 10.1. The van der Waals surface area contributed by atoms with E-state index in [0.29, 0.717) is 18.9 Å². The van der Waals surface area contributed by atoms with Crippen LogP contribution >= 0.6 is 0 Å². The number of carbonyl (C=O) groups is 1. The van der Waals surface area contributed by atoms with Crippen molar-refractivity contribution in [3.8, 4) is 0 Å². The van der Waals surface area contributed by atoms with E-state index in [1.165, 1.54) is 0 Å². The predicted octanol–water partition coefficient (Wildman–Crippen LogP) is 1.23. The molecule has 0 rings (SSSR count). The average Bonchev–Trinajstić information content (AvgIpc) is 2.04. The number of hydrogen-bond acceptors (Lipinski definition) is 2. The SMILES string of the molecule is CCN(CCCN)C(=O)CC(C)C. The van der Waals surface area contributed by atoms with Crippen LogP contribution in [0, 0.1) is 5.92 Å². The Labute approximate surface area is 81.3 Å². The van der Waals surface area contributed by atoms with E-state index in [4.69, 9.17) is 5.73 Å². The van der Waals surface area contributed by atoms with Crippen molar-refractivity contribution >= 4 is 5.91 Å². The van der Waals surface area contributed by atoms with Crippen LogP contribution in [0.15, 0.2) is 0 Å². The highest BCUT2D eigenvalue weighted by molar-refractivity contribution is 5.76. The van der Waals surface area contributed by atoms with Gasteiger partial charge in [0.15, 0.2) is 0 Å². The molecule has 0 aromatic carbocycles. The maximum Gasteiger partial charge on any atom is 0.222 e. The van der Waals surface area contributed by atoms with Crippen molar-refractivity contribution in [2.24, 2.45) is 11.7 Å². The number of nitrogens with two attached hydrogens (primary N) is 1. The standard InChI is InChI=1S/C10H22N2O/c1-4-12(7-5-6-11)10(13)8-9(2)3/h9H,4-8,11H2,1-3H3. The second-order valence-electron chi connectivity index (χ2n) is 3.71. The van der Waals surface area contributed by atoms with Gasteiger partial charge in [-0.2, -0.15) is 0 Å². The lowest BCUT2D eigenvalue weighted by molar-refractivity contribution is -0.131. The molecule has 0 saturated heterocycles. The maximum absolute atomic E-state index is 11.6. The van der Waals surface area contributed by atoms with Gasteiger partial charge in [-0.25, -0.2) is 0 Å². The van der Waals surface area contributed by atoms with Crippen molar-refractivity contribution in [2.45, 2.75) is 33.6 Å². The third-order valence-corrected chi connectivity index (χ3v) is 1.95. The zero-order valence-electron chi connectivity index (χ0n) is 9.05. The summed E-state index contributed by atoms with van der Waals surface area (Å²) < 4.78 is 0. The number of rotatable bonds is 6. The van der Waals surface area contributed by atoms with Gasteiger partial charge in [-0.05, 0) is 25.8 Å². The van der Waals surface area contributed by atoms with Crippen LogP contribution in [0.1, 0.15) is 33.6 Å². The first-order chi connectivity index (χ1) is 6.11. The molecule has 0 aliphatic carbocycles. The van der Waals surface area contributed by atoms with Gasteiger partial charge < -0.3 is 10.6 Å². The normalized spacial score (nSPS) is 10.5. The summed E-state index contributed by atoms with van der Waals surface area (Å²) in [6.45, 7) is 8.40. The Bertz CT molecular complexity index is 146. The van der Waals surface area contributed by atoms with Crippen molar-refractivity contribution in [3.63, 3.8) is 0 Å². The first kappa shape index (κ1) is 12.4. The van der Waals surface area contributed by atoms with Gasteiger partial charge in [-0.1, -0.05) is 13.8 Å². The molecule has 0 fully saturated rings. The molecule has 3 nitrogen and oxygen atoms in total. The fourth-order valence-electron chi connectivity index (χ4n) is 1.22. The second kappa shape index (κ2) is 6.89. The Morgan fingerprint density at radius 1 is 1.46 bits per heavy atom. The zero-order valence-corrected chi connectivity index (χ0v) is 9.05. The molecule has 3 heteroatoms. The first-order valence-corrected chi connectivity index (χ1v) is 5.09. The van der Waals surface area contributed by atoms with Gasteiger partial charge in [0, 0.05) is 19.5 Å². The molecule has 1 amide bonds. The predicted molar refractivity (Wildman–Crippen MR) is 55.4 cm³/mol. The zero-order chi connectivity index (χ0) is 10.3. The van der Waals surface area contributed by atoms with Crippen LogP contribution in [0.3, 0.4) is 0 Å². The molecule has 0 aromatic rings. The van der Waals surface area contributed by atoms with Gasteiger partial charge >= 0.3 is 0 Å². The molecule has 13 heavy (non-hydrogen) atoms. The van der Waals surface area contributed by atoms with E-state index in [2.05, 4.69) is 13.8 Å². The topological polar surface area (TPSA) is 46.3 Å². The molecule has 0 aromatic heterocycles. The van der Waals surface area contributed by atoms with Crippen LogP contribution in [0.5, 0.6) is 0 Å². The minimum Gasteiger partial charge on any atom is -0.343 e. The summed E-state index contributed by atoms with van der Waals surface area (Å²) in [5, 5.41) is 0. The Balaban J connectivity index is 3.84. The lowest BCUT2D eigenvalue weighted by Crippen LogP contribution is -2.33. The van der Waals surface area contributed by atoms with E-state index in [1.807, 2.05) is 11.8 Å². The number of hydrogen-bond donors (Lipinski definition) is 1. The van der Waals surface area contributed by atoms with Crippen LogP contribution in [-0.2, 0) is 4.79 Å². The highest BCUT2D eigenvalue weighted by Crippen LogP contribution is 2.04. The van der Waals surface area contributed by atoms with Gasteiger partial charge in [0.05, 0.1) is 0 Å². The summed E-state index contributed by atoms with van der Waals surface area (Å²) in [5.74, 6) is 0.699. The van der Waals surface area contributed by atoms with Gasteiger partial charge in [0.25, 0.3) is 0 Å². The Hall–Kier alpha value is -0.570. The van der Waals surface area contributed by atoms with Crippen LogP contribution < -0.4 is 5.73 Å². The average molecular weight is 186 g/mol. The largest absolute Gasteiger partial charge is 0.343 e. The monoisotopic (exact) mass is 186 g/mol. The molecule has 0 aliphatic heterocycles. The van der Waals surface area contributed by atoms with E-state index in [0.717, 1.165) is 19.5 Å². The number of carbonyl (C=O) groups excluding carboxylic acids is 1. The third-order valence-electron chi connectivity index (χ3n) is 1.95. The molecule has 2 N–H and O–H groups in total. The fraction of sp³-hybridized carbons (Fsp3) is 0.900. The summed E-state index contributed by atoms with van der Waals surface area (Å²) in [5.41, 5.74) is 5.39. The fourth-order valence-corrected chi connectivity index (χ4v) is 1.22. The summed E-state index contributed by atoms with van der Waals surface area (Å²) in [4.78, 5) is 13.5. The summed E-state index contributed by atoms with van der Waals surface area (Å²) in [6.07, 6.45) is 1.55. The van der Waals surface area contributed by atoms with Gasteiger partial charge in [-0.3, -0.25) is 4.79 Å². The molecule has 0 unspecified atom stereocenters. The van der Waals surface area contributed by atoms with E-state index in [9.17, 15) is 4.79 Å². The smallest absolute Gasteiger partial charge is 0.222 e. The maximum atomic E-state index is 11.6. The molecule has 0 radical (unpaired) electrons. The van der Waals surface area contributed by atoms with Crippen molar-refractivity contribution in [1.29, 1.82) is 0 Å². The van der Waals surface area contributed by atoms with Gasteiger partial charge in [-0.15, -0.1) is 0 Å². The molecule has 0 saturated carbocycles. The highest BCUT2D eigenvalue weighted by atomic mass is 16.2. The number of amides is 1. The van der Waals surface area contributed by atoms with Crippen LogP contribution in [0.4, 0.5) is 0 Å². The Morgan fingerprint density at radius 2 is 2.08 bits per heavy atom. The molecule has 0 spiro atoms. The molecule has 0 heterocycles. The molecule has 0 bridgehead atoms. The van der Waals surface area contributed by atoms with E-state index < -0.39 is 0 Å². The van der Waals surface area contributed by atoms with Crippen molar-refractivity contribution < 1.29 is 4.79 Å². The minimum absolute atomic E-state index is 0.256.